The smallest absolute Gasteiger partial charge is 0.226 e. The van der Waals surface area contributed by atoms with Crippen molar-refractivity contribution in [2.45, 2.75) is 31.1 Å². The average molecular weight is 277 g/mol. The molecule has 0 bridgehead atoms. The molecule has 1 heterocycles. The first-order valence-electron chi connectivity index (χ1n) is 6.58. The van der Waals surface area contributed by atoms with Gasteiger partial charge in [-0.05, 0) is 24.7 Å². The maximum Gasteiger partial charge on any atom is 0.226 e. The number of β-lactam (4-membered cyclic amide) rings is 1. The number of thioether (sulfide) groups is 1. The molecule has 1 atom stereocenters. The quantitative estimate of drug-likeness (QED) is 0.719. The maximum absolute atomic E-state index is 11.8. The summed E-state index contributed by atoms with van der Waals surface area (Å²) in [6.07, 6.45) is 4.89. The molecule has 0 aromatic heterocycles. The number of nitrogens with zero attached hydrogens (tertiary/aromatic N) is 1. The number of likely N-dealkylation sites (tertiary alicyclic amines) is 1. The summed E-state index contributed by atoms with van der Waals surface area (Å²) in [7, 11) is 0. The van der Waals surface area contributed by atoms with Crippen LogP contribution in [0.1, 0.15) is 24.8 Å². The largest absolute Gasteiger partial charge is 0.323 e. The van der Waals surface area contributed by atoms with Crippen molar-refractivity contribution in [1.82, 2.24) is 4.90 Å². The molecule has 1 fully saturated rings. The number of ketones is 1. The zero-order valence-corrected chi connectivity index (χ0v) is 12.0. The second-order valence-corrected chi connectivity index (χ2v) is 5.81. The van der Waals surface area contributed by atoms with Crippen LogP contribution in [-0.2, 0) is 16.0 Å². The van der Waals surface area contributed by atoms with E-state index in [1.54, 1.807) is 16.7 Å². The van der Waals surface area contributed by atoms with Gasteiger partial charge in [-0.3, -0.25) is 9.59 Å². The van der Waals surface area contributed by atoms with E-state index in [1.807, 2.05) is 24.5 Å². The SMILES string of the molecule is CSC1CC(=O)N1CC(=O)CCCc1ccccc1. The van der Waals surface area contributed by atoms with Crippen molar-refractivity contribution in [2.75, 3.05) is 12.8 Å². The van der Waals surface area contributed by atoms with Gasteiger partial charge in [0.1, 0.15) is 0 Å². The molecule has 1 aliphatic rings. The zero-order valence-electron chi connectivity index (χ0n) is 11.2. The van der Waals surface area contributed by atoms with Gasteiger partial charge in [-0.25, -0.2) is 0 Å². The second-order valence-electron chi connectivity index (χ2n) is 4.79. The summed E-state index contributed by atoms with van der Waals surface area (Å²) in [6.45, 7) is 0.291. The van der Waals surface area contributed by atoms with E-state index in [1.165, 1.54) is 5.56 Å². The Kier molecular flexibility index (Phi) is 5.02. The summed E-state index contributed by atoms with van der Waals surface area (Å²) in [5.74, 6) is 0.277. The van der Waals surface area contributed by atoms with Crippen LogP contribution in [0, 0.1) is 0 Å². The fourth-order valence-corrected chi connectivity index (χ4v) is 2.98. The summed E-state index contributed by atoms with van der Waals surface area (Å²) >= 11 is 1.64. The van der Waals surface area contributed by atoms with Crippen LogP contribution >= 0.6 is 11.8 Å². The Hall–Kier alpha value is -1.29. The lowest BCUT2D eigenvalue weighted by atomic mass is 10.1. The number of carbonyl (C=O) groups excluding carboxylic acids is 2. The van der Waals surface area contributed by atoms with Crippen molar-refractivity contribution in [2.24, 2.45) is 0 Å². The van der Waals surface area contributed by atoms with Gasteiger partial charge in [0.15, 0.2) is 5.78 Å². The summed E-state index contributed by atoms with van der Waals surface area (Å²) in [4.78, 5) is 24.9. The third-order valence-electron chi connectivity index (χ3n) is 3.40. The van der Waals surface area contributed by atoms with E-state index in [9.17, 15) is 9.59 Å². The summed E-state index contributed by atoms with van der Waals surface area (Å²) < 4.78 is 0. The predicted octanol–water partition coefficient (Wildman–Crippen LogP) is 2.50. The van der Waals surface area contributed by atoms with E-state index in [2.05, 4.69) is 12.1 Å². The van der Waals surface area contributed by atoms with Gasteiger partial charge in [0.05, 0.1) is 18.3 Å². The average Bonchev–Trinajstić information content (AvgIpc) is 2.43. The third kappa shape index (κ3) is 3.83. The Bertz CT molecular complexity index is 447. The van der Waals surface area contributed by atoms with Gasteiger partial charge >= 0.3 is 0 Å². The van der Waals surface area contributed by atoms with E-state index >= 15 is 0 Å². The minimum absolute atomic E-state index is 0.107. The first-order valence-corrected chi connectivity index (χ1v) is 7.87. The highest BCUT2D eigenvalue weighted by atomic mass is 32.2. The lowest BCUT2D eigenvalue weighted by Crippen LogP contribution is -2.52. The van der Waals surface area contributed by atoms with E-state index in [4.69, 9.17) is 0 Å². The lowest BCUT2D eigenvalue weighted by molar-refractivity contribution is -0.144. The van der Waals surface area contributed by atoms with Crippen molar-refractivity contribution in [1.29, 1.82) is 0 Å². The number of benzene rings is 1. The number of hydrogen-bond donors (Lipinski definition) is 0. The van der Waals surface area contributed by atoms with E-state index in [0.29, 0.717) is 19.4 Å². The highest BCUT2D eigenvalue weighted by Gasteiger charge is 2.36. The zero-order chi connectivity index (χ0) is 13.7. The molecule has 2 rings (SSSR count). The molecule has 19 heavy (non-hydrogen) atoms. The minimum Gasteiger partial charge on any atom is -0.323 e. The highest BCUT2D eigenvalue weighted by Crippen LogP contribution is 2.27. The highest BCUT2D eigenvalue weighted by molar-refractivity contribution is 7.99. The molecule has 0 aliphatic carbocycles. The van der Waals surface area contributed by atoms with Gasteiger partial charge in [0, 0.05) is 6.42 Å². The molecule has 1 saturated heterocycles. The van der Waals surface area contributed by atoms with Crippen molar-refractivity contribution in [3.8, 4) is 0 Å². The summed E-state index contributed by atoms with van der Waals surface area (Å²) in [6, 6.07) is 10.2. The fourth-order valence-electron chi connectivity index (χ4n) is 2.23. The molecule has 1 aliphatic heterocycles. The van der Waals surface area contributed by atoms with Crippen LogP contribution in [-0.4, -0.2) is 34.8 Å². The number of amides is 1. The Labute approximate surface area is 118 Å². The molecule has 1 aromatic rings. The van der Waals surface area contributed by atoms with Crippen LogP contribution in [0.15, 0.2) is 30.3 Å². The van der Waals surface area contributed by atoms with Crippen LogP contribution in [0.3, 0.4) is 0 Å². The van der Waals surface area contributed by atoms with Crippen LogP contribution in [0.25, 0.3) is 0 Å². The van der Waals surface area contributed by atoms with Crippen LogP contribution in [0.4, 0.5) is 0 Å². The van der Waals surface area contributed by atoms with Gasteiger partial charge < -0.3 is 4.90 Å². The Morgan fingerprint density at radius 2 is 2.11 bits per heavy atom. The molecule has 1 unspecified atom stereocenters. The van der Waals surface area contributed by atoms with Crippen LogP contribution in [0.5, 0.6) is 0 Å². The molecule has 0 radical (unpaired) electrons. The van der Waals surface area contributed by atoms with Crippen LogP contribution < -0.4 is 0 Å². The van der Waals surface area contributed by atoms with Crippen molar-refractivity contribution in [3.63, 3.8) is 0 Å². The van der Waals surface area contributed by atoms with E-state index in [-0.39, 0.29) is 17.1 Å². The molecule has 3 nitrogen and oxygen atoms in total. The van der Waals surface area contributed by atoms with Gasteiger partial charge in [-0.2, -0.15) is 0 Å². The number of hydrogen-bond acceptors (Lipinski definition) is 3. The molecular formula is C15H19NO2S. The topological polar surface area (TPSA) is 37.4 Å². The van der Waals surface area contributed by atoms with Crippen molar-refractivity contribution >= 4 is 23.5 Å². The van der Waals surface area contributed by atoms with Gasteiger partial charge in [-0.1, -0.05) is 30.3 Å². The molecule has 0 N–H and O–H groups in total. The normalized spacial score (nSPS) is 18.3. The standard InChI is InChI=1S/C15H19NO2S/c1-19-15-10-14(18)16(15)11-13(17)9-5-8-12-6-3-2-4-7-12/h2-4,6-7,15H,5,8-11H2,1H3. The molecule has 0 spiro atoms. The predicted molar refractivity (Wildman–Crippen MR) is 78.0 cm³/mol. The molecular weight excluding hydrogens is 258 g/mol. The van der Waals surface area contributed by atoms with Gasteiger partial charge in [0.2, 0.25) is 5.91 Å². The van der Waals surface area contributed by atoms with Gasteiger partial charge in [-0.15, -0.1) is 11.8 Å². The monoisotopic (exact) mass is 277 g/mol. The molecule has 1 aromatic carbocycles. The first kappa shape index (κ1) is 14.1. The summed E-state index contributed by atoms with van der Waals surface area (Å²) in [5, 5.41) is 0.213. The van der Waals surface area contributed by atoms with Crippen molar-refractivity contribution < 1.29 is 9.59 Å². The Morgan fingerprint density at radius 3 is 2.74 bits per heavy atom. The summed E-state index contributed by atoms with van der Waals surface area (Å²) in [5.41, 5.74) is 1.26. The minimum atomic E-state index is 0.107. The number of Topliss-reactive ketones (excluding diaryl/α,β-unsaturated/α-hetero) is 1. The van der Waals surface area contributed by atoms with E-state index < -0.39 is 0 Å². The van der Waals surface area contributed by atoms with Crippen LogP contribution in [0.2, 0.25) is 0 Å². The first-order chi connectivity index (χ1) is 9.20. The third-order valence-corrected chi connectivity index (χ3v) is 4.37. The molecule has 1 amide bonds. The number of aryl methyl sites for hydroxylation is 1. The maximum atomic E-state index is 11.8. The lowest BCUT2D eigenvalue weighted by Gasteiger charge is -2.38. The number of carbonyl (C=O) groups is 2. The molecule has 102 valence electrons. The van der Waals surface area contributed by atoms with Gasteiger partial charge in [0.25, 0.3) is 0 Å². The number of rotatable bonds is 7. The Balaban J connectivity index is 1.69. The molecule has 0 saturated carbocycles. The fraction of sp³-hybridized carbons (Fsp3) is 0.467. The van der Waals surface area contributed by atoms with Crippen molar-refractivity contribution in [3.05, 3.63) is 35.9 Å². The molecule has 4 heteroatoms. The van der Waals surface area contributed by atoms with E-state index in [0.717, 1.165) is 12.8 Å². The Morgan fingerprint density at radius 1 is 1.37 bits per heavy atom. The second kappa shape index (κ2) is 6.75.